The van der Waals surface area contributed by atoms with Crippen LogP contribution in [0.25, 0.3) is 0 Å². The van der Waals surface area contributed by atoms with E-state index < -0.39 is 15.4 Å². The monoisotopic (exact) mass is 464 g/mol. The lowest BCUT2D eigenvalue weighted by molar-refractivity contribution is -0.127. The highest BCUT2D eigenvalue weighted by Gasteiger charge is 2.37. The Bertz CT molecular complexity index is 1070. The lowest BCUT2D eigenvalue weighted by Crippen LogP contribution is -2.42. The summed E-state index contributed by atoms with van der Waals surface area (Å²) in [4.78, 5) is 14.9. The Morgan fingerprint density at radius 2 is 1.90 bits per heavy atom. The molecule has 0 fully saturated rings. The Hall–Kier alpha value is -2.25. The first-order valence-corrected chi connectivity index (χ1v) is 12.3. The van der Waals surface area contributed by atoms with E-state index >= 15 is 0 Å². The molecular formula is C23H29ClN2O4S. The van der Waals surface area contributed by atoms with Gasteiger partial charge >= 0.3 is 0 Å². The third-order valence-electron chi connectivity index (χ3n) is 5.17. The predicted octanol–water partition coefficient (Wildman–Crippen LogP) is 5.08. The Morgan fingerprint density at radius 3 is 2.58 bits per heavy atom. The van der Waals surface area contributed by atoms with Crippen molar-refractivity contribution in [2.24, 2.45) is 11.3 Å². The second kappa shape index (κ2) is 9.09. The molecule has 1 aliphatic heterocycles. The number of carbonyl (C=O) groups excluding carboxylic acids is 1. The number of carbonyl (C=O) groups is 1. The molecule has 6 nitrogen and oxygen atoms in total. The predicted molar refractivity (Wildman–Crippen MR) is 125 cm³/mol. The average Bonchev–Trinajstić information content (AvgIpc) is 2.77. The molecular weight excluding hydrogens is 436 g/mol. The summed E-state index contributed by atoms with van der Waals surface area (Å²) < 4.78 is 33.9. The summed E-state index contributed by atoms with van der Waals surface area (Å²) in [5, 5.41) is 0.402. The second-order valence-electron chi connectivity index (χ2n) is 8.95. The summed E-state index contributed by atoms with van der Waals surface area (Å²) in [6.07, 6.45) is 0.855. The summed E-state index contributed by atoms with van der Waals surface area (Å²) in [6.45, 7) is 8.73. The van der Waals surface area contributed by atoms with E-state index in [9.17, 15) is 13.2 Å². The minimum atomic E-state index is -3.68. The Kier molecular flexibility index (Phi) is 6.86. The molecule has 0 bridgehead atoms. The standard InChI is InChI=1S/C23H29ClN2O4S/c1-16(2)11-12-26-20-10-9-18(13-21(20)30-15-23(3,4)22(26)27)25-31(28,29)14-17-7-5-6-8-19(17)24/h5-10,13,16,25H,11-12,14-15H2,1-4H3. The molecule has 0 saturated carbocycles. The Morgan fingerprint density at radius 1 is 1.19 bits per heavy atom. The van der Waals surface area contributed by atoms with Crippen molar-refractivity contribution < 1.29 is 17.9 Å². The first-order valence-electron chi connectivity index (χ1n) is 10.3. The van der Waals surface area contributed by atoms with Crippen LogP contribution in [-0.2, 0) is 20.6 Å². The van der Waals surface area contributed by atoms with E-state index in [0.717, 1.165) is 6.42 Å². The molecule has 1 aliphatic rings. The van der Waals surface area contributed by atoms with Crippen LogP contribution in [-0.4, -0.2) is 27.5 Å². The summed E-state index contributed by atoms with van der Waals surface area (Å²) in [6, 6.07) is 11.9. The van der Waals surface area contributed by atoms with Crippen molar-refractivity contribution in [1.82, 2.24) is 0 Å². The van der Waals surface area contributed by atoms with E-state index in [4.69, 9.17) is 16.3 Å². The number of rotatable bonds is 7. The van der Waals surface area contributed by atoms with E-state index in [-0.39, 0.29) is 18.3 Å². The Balaban J connectivity index is 1.87. The number of nitrogens with one attached hydrogen (secondary N) is 1. The molecule has 0 unspecified atom stereocenters. The molecule has 1 heterocycles. The van der Waals surface area contributed by atoms with Crippen molar-refractivity contribution in [2.45, 2.75) is 39.9 Å². The first-order chi connectivity index (χ1) is 14.5. The topological polar surface area (TPSA) is 75.7 Å². The molecule has 0 aromatic heterocycles. The number of benzene rings is 2. The van der Waals surface area contributed by atoms with Gasteiger partial charge in [0.2, 0.25) is 15.9 Å². The number of nitrogens with zero attached hydrogens (tertiary/aromatic N) is 1. The van der Waals surface area contributed by atoms with Crippen molar-refractivity contribution in [3.8, 4) is 5.75 Å². The lowest BCUT2D eigenvalue weighted by Gasteiger charge is -2.28. The molecule has 0 radical (unpaired) electrons. The maximum Gasteiger partial charge on any atom is 0.236 e. The largest absolute Gasteiger partial charge is 0.490 e. The van der Waals surface area contributed by atoms with Gasteiger partial charge in [0.05, 0.1) is 22.5 Å². The van der Waals surface area contributed by atoms with Gasteiger partial charge < -0.3 is 9.64 Å². The van der Waals surface area contributed by atoms with Crippen molar-refractivity contribution in [2.75, 3.05) is 22.8 Å². The van der Waals surface area contributed by atoms with Gasteiger partial charge in [-0.05, 0) is 49.9 Å². The van der Waals surface area contributed by atoms with E-state index in [1.807, 2.05) is 13.8 Å². The van der Waals surface area contributed by atoms with Crippen LogP contribution >= 0.6 is 11.6 Å². The fourth-order valence-corrected chi connectivity index (χ4v) is 4.86. The highest BCUT2D eigenvalue weighted by molar-refractivity contribution is 7.91. The molecule has 8 heteroatoms. The summed E-state index contributed by atoms with van der Waals surface area (Å²) in [5.74, 6) is 0.690. The highest BCUT2D eigenvalue weighted by atomic mass is 35.5. The van der Waals surface area contributed by atoms with Gasteiger partial charge in [0.1, 0.15) is 12.4 Å². The molecule has 31 heavy (non-hydrogen) atoms. The molecule has 0 atom stereocenters. The van der Waals surface area contributed by atoms with Crippen LogP contribution in [0.4, 0.5) is 11.4 Å². The minimum Gasteiger partial charge on any atom is -0.490 e. The maximum absolute atomic E-state index is 13.1. The minimum absolute atomic E-state index is 0.000972. The van der Waals surface area contributed by atoms with Crippen LogP contribution in [0.15, 0.2) is 42.5 Å². The van der Waals surface area contributed by atoms with E-state index in [1.165, 1.54) is 0 Å². The zero-order chi connectivity index (χ0) is 22.8. The zero-order valence-electron chi connectivity index (χ0n) is 18.3. The van der Waals surface area contributed by atoms with Crippen LogP contribution in [0.2, 0.25) is 5.02 Å². The number of fused-ring (bicyclic) bond motifs is 1. The van der Waals surface area contributed by atoms with E-state index in [1.54, 1.807) is 47.4 Å². The first kappa shape index (κ1) is 23.4. The van der Waals surface area contributed by atoms with Gasteiger partial charge in [-0.25, -0.2) is 8.42 Å². The maximum atomic E-state index is 13.1. The van der Waals surface area contributed by atoms with Gasteiger partial charge in [-0.3, -0.25) is 9.52 Å². The van der Waals surface area contributed by atoms with Gasteiger partial charge in [0.25, 0.3) is 0 Å². The SMILES string of the molecule is CC(C)CCN1C(=O)C(C)(C)COc2cc(NS(=O)(=O)Cc3ccccc3Cl)ccc21. The Labute approximate surface area is 189 Å². The molecule has 0 aliphatic carbocycles. The molecule has 0 saturated heterocycles. The number of halogens is 1. The van der Waals surface area contributed by atoms with Crippen LogP contribution in [0.1, 0.15) is 39.7 Å². The average molecular weight is 465 g/mol. The molecule has 1 amide bonds. The van der Waals surface area contributed by atoms with Crippen LogP contribution in [0.5, 0.6) is 5.75 Å². The van der Waals surface area contributed by atoms with Gasteiger partial charge in [-0.2, -0.15) is 0 Å². The van der Waals surface area contributed by atoms with Crippen molar-refractivity contribution >= 4 is 38.9 Å². The summed E-state index contributed by atoms with van der Waals surface area (Å²) in [5.41, 5.74) is 0.877. The third kappa shape index (κ3) is 5.71. The third-order valence-corrected chi connectivity index (χ3v) is 6.78. The second-order valence-corrected chi connectivity index (χ2v) is 11.1. The number of ether oxygens (including phenoxy) is 1. The van der Waals surface area contributed by atoms with Crippen LogP contribution in [0, 0.1) is 11.3 Å². The fourth-order valence-electron chi connectivity index (χ4n) is 3.36. The van der Waals surface area contributed by atoms with Gasteiger partial charge in [-0.1, -0.05) is 43.6 Å². The molecule has 2 aromatic carbocycles. The lowest BCUT2D eigenvalue weighted by atomic mass is 9.92. The summed E-state index contributed by atoms with van der Waals surface area (Å²) in [7, 11) is -3.68. The number of hydrogen-bond donors (Lipinski definition) is 1. The molecule has 2 aromatic rings. The quantitative estimate of drug-likeness (QED) is 0.620. The van der Waals surface area contributed by atoms with E-state index in [0.29, 0.717) is 40.2 Å². The van der Waals surface area contributed by atoms with Gasteiger partial charge in [0.15, 0.2) is 0 Å². The molecule has 3 rings (SSSR count). The van der Waals surface area contributed by atoms with Gasteiger partial charge in [0, 0.05) is 17.6 Å². The van der Waals surface area contributed by atoms with Gasteiger partial charge in [-0.15, -0.1) is 0 Å². The zero-order valence-corrected chi connectivity index (χ0v) is 19.9. The highest BCUT2D eigenvalue weighted by Crippen LogP contribution is 2.38. The molecule has 0 spiro atoms. The smallest absolute Gasteiger partial charge is 0.236 e. The van der Waals surface area contributed by atoms with E-state index in [2.05, 4.69) is 18.6 Å². The fraction of sp³-hybridized carbons (Fsp3) is 0.435. The number of hydrogen-bond acceptors (Lipinski definition) is 4. The van der Waals surface area contributed by atoms with Crippen LogP contribution < -0.4 is 14.4 Å². The van der Waals surface area contributed by atoms with Crippen molar-refractivity contribution in [1.29, 1.82) is 0 Å². The number of anilines is 2. The van der Waals surface area contributed by atoms with Crippen LogP contribution in [0.3, 0.4) is 0 Å². The molecule has 1 N–H and O–H groups in total. The van der Waals surface area contributed by atoms with Crippen molar-refractivity contribution in [3.05, 3.63) is 53.1 Å². The summed E-state index contributed by atoms with van der Waals surface area (Å²) >= 11 is 6.10. The van der Waals surface area contributed by atoms with Crippen molar-refractivity contribution in [3.63, 3.8) is 0 Å². The number of amides is 1. The normalized spacial score (nSPS) is 15.9. The number of sulfonamides is 1. The molecule has 168 valence electrons.